The minimum absolute atomic E-state index is 0.000946. The van der Waals surface area contributed by atoms with Crippen LogP contribution in [-0.2, 0) is 30.5 Å². The van der Waals surface area contributed by atoms with Gasteiger partial charge in [-0.05, 0) is 24.1 Å². The number of alkyl halides is 3. The van der Waals surface area contributed by atoms with Crippen molar-refractivity contribution in [2.75, 3.05) is 19.0 Å². The monoisotopic (exact) mass is 438 g/mol. The molecule has 1 N–H and O–H groups in total. The average Bonchev–Trinajstić information content (AvgIpc) is 2.76. The van der Waals surface area contributed by atoms with Crippen LogP contribution in [0, 0.1) is 5.92 Å². The Morgan fingerprint density at radius 1 is 1.29 bits per heavy atom. The lowest BCUT2D eigenvalue weighted by atomic mass is 10.0. The molecule has 1 aliphatic rings. The van der Waals surface area contributed by atoms with Crippen LogP contribution < -0.4 is 15.7 Å². The van der Waals surface area contributed by atoms with Crippen LogP contribution in [-0.4, -0.2) is 34.2 Å². The second kappa shape index (κ2) is 8.99. The number of carbonyl (C=O) groups excluding carboxylic acids is 1. The van der Waals surface area contributed by atoms with Gasteiger partial charge < -0.3 is 15.1 Å². The van der Waals surface area contributed by atoms with Crippen molar-refractivity contribution in [2.24, 2.45) is 5.92 Å². The molecule has 1 amide bonds. The predicted molar refractivity (Wildman–Crippen MR) is 108 cm³/mol. The molecule has 1 aromatic carbocycles. The summed E-state index contributed by atoms with van der Waals surface area (Å²) in [5.74, 6) is 0.0395. The van der Waals surface area contributed by atoms with E-state index in [9.17, 15) is 22.8 Å². The number of nitrogens with one attached hydrogen (secondary N) is 1. The van der Waals surface area contributed by atoms with Gasteiger partial charge in [-0.25, -0.2) is 4.98 Å². The van der Waals surface area contributed by atoms with E-state index >= 15 is 0 Å². The SMILES string of the molecule is CCC(C)C(=O)N1CCc2nc(NCc3ccc(C(F)(F)F)cc3)n(OC)c(=O)c2C1. The van der Waals surface area contributed by atoms with E-state index in [-0.39, 0.29) is 30.9 Å². The van der Waals surface area contributed by atoms with E-state index in [0.717, 1.165) is 23.3 Å². The summed E-state index contributed by atoms with van der Waals surface area (Å²) < 4.78 is 39.1. The Hall–Kier alpha value is -3.04. The van der Waals surface area contributed by atoms with Crippen LogP contribution in [0.15, 0.2) is 29.1 Å². The topological polar surface area (TPSA) is 76.5 Å². The van der Waals surface area contributed by atoms with Crippen molar-refractivity contribution in [3.63, 3.8) is 0 Å². The molecule has 10 heteroatoms. The molecule has 0 bridgehead atoms. The maximum Gasteiger partial charge on any atom is 0.416 e. The third-order valence-electron chi connectivity index (χ3n) is 5.45. The number of amides is 1. The maximum atomic E-state index is 12.9. The lowest BCUT2D eigenvalue weighted by molar-refractivity contribution is -0.137. The first kappa shape index (κ1) is 22.6. The first-order valence-electron chi connectivity index (χ1n) is 10.0. The van der Waals surface area contributed by atoms with Gasteiger partial charge in [-0.15, -0.1) is 4.73 Å². The molecule has 0 aliphatic carbocycles. The van der Waals surface area contributed by atoms with Gasteiger partial charge in [0, 0.05) is 25.4 Å². The van der Waals surface area contributed by atoms with E-state index in [1.165, 1.54) is 19.2 Å². The van der Waals surface area contributed by atoms with E-state index in [4.69, 9.17) is 4.84 Å². The van der Waals surface area contributed by atoms with Gasteiger partial charge in [0.05, 0.1) is 23.4 Å². The lowest BCUT2D eigenvalue weighted by Gasteiger charge is -2.30. The maximum absolute atomic E-state index is 12.9. The third-order valence-corrected chi connectivity index (χ3v) is 5.45. The molecule has 1 aliphatic heterocycles. The van der Waals surface area contributed by atoms with Gasteiger partial charge in [-0.2, -0.15) is 13.2 Å². The second-order valence-corrected chi connectivity index (χ2v) is 7.51. The number of halogens is 3. The summed E-state index contributed by atoms with van der Waals surface area (Å²) in [6.07, 6.45) is -3.24. The van der Waals surface area contributed by atoms with Gasteiger partial charge in [0.25, 0.3) is 5.56 Å². The van der Waals surface area contributed by atoms with Crippen LogP contribution in [0.1, 0.15) is 42.7 Å². The number of anilines is 1. The molecule has 0 saturated heterocycles. The highest BCUT2D eigenvalue weighted by Gasteiger charge is 2.30. The fraction of sp³-hybridized carbons (Fsp3) is 0.476. The minimum Gasteiger partial charge on any atom is -0.411 e. The molecule has 2 aromatic rings. The summed E-state index contributed by atoms with van der Waals surface area (Å²) >= 11 is 0. The molecule has 0 fully saturated rings. The number of aromatic nitrogens is 2. The van der Waals surface area contributed by atoms with Gasteiger partial charge in [0.1, 0.15) is 7.11 Å². The van der Waals surface area contributed by atoms with Gasteiger partial charge in [-0.1, -0.05) is 26.0 Å². The summed E-state index contributed by atoms with van der Waals surface area (Å²) in [5, 5.41) is 2.96. The largest absolute Gasteiger partial charge is 0.416 e. The third kappa shape index (κ3) is 4.83. The Morgan fingerprint density at radius 3 is 2.55 bits per heavy atom. The highest BCUT2D eigenvalue weighted by Crippen LogP contribution is 2.29. The molecule has 1 atom stereocenters. The molecule has 0 saturated carbocycles. The number of nitrogens with zero attached hydrogens (tertiary/aromatic N) is 3. The molecule has 0 spiro atoms. The molecule has 168 valence electrons. The van der Waals surface area contributed by atoms with Crippen LogP contribution in [0.2, 0.25) is 0 Å². The van der Waals surface area contributed by atoms with Crippen molar-refractivity contribution < 1.29 is 22.8 Å². The number of benzene rings is 1. The number of hydrogen-bond donors (Lipinski definition) is 1. The molecule has 31 heavy (non-hydrogen) atoms. The smallest absolute Gasteiger partial charge is 0.411 e. The summed E-state index contributed by atoms with van der Waals surface area (Å²) in [6, 6.07) is 4.73. The first-order chi connectivity index (χ1) is 14.7. The molecule has 1 unspecified atom stereocenters. The van der Waals surface area contributed by atoms with Crippen molar-refractivity contribution in [2.45, 2.75) is 46.0 Å². The summed E-state index contributed by atoms with van der Waals surface area (Å²) in [7, 11) is 1.32. The number of fused-ring (bicyclic) bond motifs is 1. The zero-order valence-electron chi connectivity index (χ0n) is 17.6. The fourth-order valence-electron chi connectivity index (χ4n) is 3.41. The summed E-state index contributed by atoms with van der Waals surface area (Å²) in [6.45, 7) is 4.60. The van der Waals surface area contributed by atoms with Crippen molar-refractivity contribution in [1.82, 2.24) is 14.6 Å². The highest BCUT2D eigenvalue weighted by molar-refractivity contribution is 5.78. The Morgan fingerprint density at radius 2 is 1.97 bits per heavy atom. The number of rotatable bonds is 6. The van der Waals surface area contributed by atoms with Gasteiger partial charge in [-0.3, -0.25) is 9.59 Å². The van der Waals surface area contributed by atoms with E-state index in [0.29, 0.717) is 29.8 Å². The zero-order valence-corrected chi connectivity index (χ0v) is 17.6. The van der Waals surface area contributed by atoms with Crippen LogP contribution in [0.5, 0.6) is 0 Å². The molecule has 1 aromatic heterocycles. The van der Waals surface area contributed by atoms with Gasteiger partial charge in [0.2, 0.25) is 11.9 Å². The molecular formula is C21H25F3N4O3. The van der Waals surface area contributed by atoms with E-state index < -0.39 is 17.3 Å². The quantitative estimate of drug-likeness (QED) is 0.751. The van der Waals surface area contributed by atoms with Crippen molar-refractivity contribution in [3.8, 4) is 0 Å². The van der Waals surface area contributed by atoms with Gasteiger partial charge in [0.15, 0.2) is 0 Å². The van der Waals surface area contributed by atoms with Crippen LogP contribution in [0.3, 0.4) is 0 Å². The summed E-state index contributed by atoms with van der Waals surface area (Å²) in [5.41, 5.74) is 0.441. The van der Waals surface area contributed by atoms with Crippen LogP contribution in [0.25, 0.3) is 0 Å². The summed E-state index contributed by atoms with van der Waals surface area (Å²) in [4.78, 5) is 36.8. The molecule has 3 rings (SSSR count). The van der Waals surface area contributed by atoms with Crippen molar-refractivity contribution in [3.05, 3.63) is 57.0 Å². The predicted octanol–water partition coefficient (Wildman–Crippen LogP) is 2.86. The number of carbonyl (C=O) groups is 1. The van der Waals surface area contributed by atoms with E-state index in [2.05, 4.69) is 10.3 Å². The van der Waals surface area contributed by atoms with Crippen LogP contribution in [0.4, 0.5) is 19.1 Å². The normalized spacial score (nSPS) is 14.7. The van der Waals surface area contributed by atoms with E-state index in [1.807, 2.05) is 13.8 Å². The standard InChI is InChI=1S/C21H25F3N4O3/c1-4-13(2)18(29)27-10-9-17-16(12-27)19(30)28(31-3)20(26-17)25-11-14-5-7-15(8-6-14)21(22,23)24/h5-8,13H,4,9-12H2,1-3H3,(H,25,26). The van der Waals surface area contributed by atoms with Crippen molar-refractivity contribution >= 4 is 11.9 Å². The Bertz CT molecular complexity index is 1000. The zero-order chi connectivity index (χ0) is 22.8. The second-order valence-electron chi connectivity index (χ2n) is 7.51. The number of hydrogen-bond acceptors (Lipinski definition) is 5. The van der Waals surface area contributed by atoms with E-state index in [1.54, 1.807) is 4.90 Å². The minimum atomic E-state index is -4.40. The molecule has 7 nitrogen and oxygen atoms in total. The Kier molecular flexibility index (Phi) is 6.56. The first-order valence-corrected chi connectivity index (χ1v) is 10.0. The average molecular weight is 438 g/mol. The Balaban J connectivity index is 1.80. The fourth-order valence-corrected chi connectivity index (χ4v) is 3.41. The highest BCUT2D eigenvalue weighted by atomic mass is 19.4. The lowest BCUT2D eigenvalue weighted by Crippen LogP contribution is -2.44. The van der Waals surface area contributed by atoms with Gasteiger partial charge >= 0.3 is 6.18 Å². The van der Waals surface area contributed by atoms with Crippen molar-refractivity contribution in [1.29, 1.82) is 0 Å². The van der Waals surface area contributed by atoms with Crippen LogP contribution >= 0.6 is 0 Å². The molecular weight excluding hydrogens is 413 g/mol. The molecule has 2 heterocycles. The molecule has 0 radical (unpaired) electrons. The Labute approximate surface area is 177 Å².